The summed E-state index contributed by atoms with van der Waals surface area (Å²) in [6.45, 7) is 1.71. The Bertz CT molecular complexity index is 656. The monoisotopic (exact) mass is 277 g/mol. The molecule has 3 nitrogen and oxygen atoms in total. The van der Waals surface area contributed by atoms with Gasteiger partial charge in [-0.1, -0.05) is 6.07 Å². The SMILES string of the molecule is Cc1cc(F)ccc1COC(=O)c1ccc(N)c(F)c1. The highest BCUT2D eigenvalue weighted by Gasteiger charge is 2.11. The minimum Gasteiger partial charge on any atom is -0.457 e. The molecule has 0 radical (unpaired) electrons. The molecule has 0 aromatic heterocycles. The van der Waals surface area contributed by atoms with Crippen LogP contribution in [0.4, 0.5) is 14.5 Å². The van der Waals surface area contributed by atoms with Gasteiger partial charge in [0, 0.05) is 0 Å². The minimum absolute atomic E-state index is 0.00303. The summed E-state index contributed by atoms with van der Waals surface area (Å²) < 4.78 is 31.2. The minimum atomic E-state index is -0.669. The average Bonchev–Trinajstić information content (AvgIpc) is 2.40. The quantitative estimate of drug-likeness (QED) is 0.692. The van der Waals surface area contributed by atoms with E-state index in [0.29, 0.717) is 11.1 Å². The van der Waals surface area contributed by atoms with Crippen molar-refractivity contribution >= 4 is 11.7 Å². The molecule has 0 saturated heterocycles. The molecule has 0 aliphatic heterocycles. The summed E-state index contributed by atoms with van der Waals surface area (Å²) in [7, 11) is 0. The van der Waals surface area contributed by atoms with E-state index in [1.165, 1.54) is 24.3 Å². The average molecular weight is 277 g/mol. The van der Waals surface area contributed by atoms with E-state index in [1.54, 1.807) is 13.0 Å². The van der Waals surface area contributed by atoms with Crippen molar-refractivity contribution in [1.29, 1.82) is 0 Å². The summed E-state index contributed by atoms with van der Waals surface area (Å²) >= 11 is 0. The maximum absolute atomic E-state index is 13.2. The first-order valence-corrected chi connectivity index (χ1v) is 5.94. The second-order valence-electron chi connectivity index (χ2n) is 4.38. The Morgan fingerprint density at radius 3 is 2.60 bits per heavy atom. The number of hydrogen-bond acceptors (Lipinski definition) is 3. The van der Waals surface area contributed by atoms with Crippen molar-refractivity contribution in [3.8, 4) is 0 Å². The van der Waals surface area contributed by atoms with Crippen LogP contribution in [0.2, 0.25) is 0 Å². The largest absolute Gasteiger partial charge is 0.457 e. The van der Waals surface area contributed by atoms with Gasteiger partial charge in [-0.15, -0.1) is 0 Å². The van der Waals surface area contributed by atoms with Gasteiger partial charge in [0.2, 0.25) is 0 Å². The summed E-state index contributed by atoms with van der Waals surface area (Å²) in [6.07, 6.45) is 0. The Morgan fingerprint density at radius 2 is 1.95 bits per heavy atom. The van der Waals surface area contributed by atoms with E-state index in [0.717, 1.165) is 6.07 Å². The zero-order chi connectivity index (χ0) is 14.7. The van der Waals surface area contributed by atoms with Crippen LogP contribution in [0, 0.1) is 18.6 Å². The molecule has 0 amide bonds. The number of hydrogen-bond donors (Lipinski definition) is 1. The lowest BCUT2D eigenvalue weighted by molar-refractivity contribution is 0.0471. The smallest absolute Gasteiger partial charge is 0.338 e. The Labute approximate surface area is 115 Å². The van der Waals surface area contributed by atoms with Crippen LogP contribution in [0.5, 0.6) is 0 Å². The van der Waals surface area contributed by atoms with E-state index in [1.807, 2.05) is 0 Å². The molecule has 104 valence electrons. The number of anilines is 1. The van der Waals surface area contributed by atoms with Gasteiger partial charge in [-0.3, -0.25) is 0 Å². The number of nitrogen functional groups attached to an aromatic ring is 1. The fourth-order valence-corrected chi connectivity index (χ4v) is 1.70. The van der Waals surface area contributed by atoms with Crippen molar-refractivity contribution in [1.82, 2.24) is 0 Å². The van der Waals surface area contributed by atoms with Crippen molar-refractivity contribution in [2.75, 3.05) is 5.73 Å². The molecule has 2 aromatic carbocycles. The Hall–Kier alpha value is -2.43. The standard InChI is InChI=1S/C15H13F2NO2/c1-9-6-12(16)4-2-11(9)8-20-15(19)10-3-5-14(18)13(17)7-10/h2-7H,8,18H2,1H3. The number of rotatable bonds is 3. The third kappa shape index (κ3) is 3.12. The van der Waals surface area contributed by atoms with Crippen molar-refractivity contribution in [2.45, 2.75) is 13.5 Å². The lowest BCUT2D eigenvalue weighted by atomic mass is 10.1. The van der Waals surface area contributed by atoms with Gasteiger partial charge in [0.15, 0.2) is 0 Å². The molecule has 2 aromatic rings. The van der Waals surface area contributed by atoms with E-state index in [9.17, 15) is 13.6 Å². The number of nitrogens with two attached hydrogens (primary N) is 1. The first-order chi connectivity index (χ1) is 9.47. The van der Waals surface area contributed by atoms with Crippen LogP contribution in [-0.4, -0.2) is 5.97 Å². The molecule has 0 unspecified atom stereocenters. The van der Waals surface area contributed by atoms with Crippen LogP contribution < -0.4 is 5.73 Å². The van der Waals surface area contributed by atoms with Crippen LogP contribution >= 0.6 is 0 Å². The zero-order valence-corrected chi connectivity index (χ0v) is 10.8. The first kappa shape index (κ1) is 14.0. The van der Waals surface area contributed by atoms with Gasteiger partial charge in [0.05, 0.1) is 11.3 Å². The summed E-state index contributed by atoms with van der Waals surface area (Å²) in [5.74, 6) is -1.68. The predicted molar refractivity (Wildman–Crippen MR) is 71.1 cm³/mol. The molecule has 0 heterocycles. The van der Waals surface area contributed by atoms with E-state index >= 15 is 0 Å². The fraction of sp³-hybridized carbons (Fsp3) is 0.133. The summed E-state index contributed by atoms with van der Waals surface area (Å²) in [4.78, 5) is 11.8. The molecular weight excluding hydrogens is 264 g/mol. The van der Waals surface area contributed by atoms with Crippen molar-refractivity contribution in [2.24, 2.45) is 0 Å². The highest BCUT2D eigenvalue weighted by atomic mass is 19.1. The van der Waals surface area contributed by atoms with E-state index in [-0.39, 0.29) is 23.7 Å². The van der Waals surface area contributed by atoms with Crippen molar-refractivity contribution in [3.63, 3.8) is 0 Å². The number of carbonyl (C=O) groups is 1. The van der Waals surface area contributed by atoms with Crippen LogP contribution in [-0.2, 0) is 11.3 Å². The van der Waals surface area contributed by atoms with Crippen LogP contribution in [0.15, 0.2) is 36.4 Å². The summed E-state index contributed by atoms with van der Waals surface area (Å²) in [5.41, 5.74) is 6.75. The molecule has 20 heavy (non-hydrogen) atoms. The number of aryl methyl sites for hydroxylation is 1. The van der Waals surface area contributed by atoms with Crippen LogP contribution in [0.3, 0.4) is 0 Å². The van der Waals surface area contributed by atoms with E-state index in [4.69, 9.17) is 10.5 Å². The Kier molecular flexibility index (Phi) is 3.98. The Morgan fingerprint density at radius 1 is 1.20 bits per heavy atom. The molecular formula is C15H13F2NO2. The molecule has 0 saturated carbocycles. The normalized spacial score (nSPS) is 10.3. The van der Waals surface area contributed by atoms with Gasteiger partial charge in [-0.2, -0.15) is 0 Å². The zero-order valence-electron chi connectivity index (χ0n) is 10.8. The number of halogens is 2. The van der Waals surface area contributed by atoms with Crippen molar-refractivity contribution in [3.05, 3.63) is 64.7 Å². The third-order valence-corrected chi connectivity index (χ3v) is 2.90. The molecule has 0 spiro atoms. The van der Waals surface area contributed by atoms with Gasteiger partial charge in [-0.05, 0) is 48.4 Å². The molecule has 0 bridgehead atoms. The van der Waals surface area contributed by atoms with Crippen LogP contribution in [0.1, 0.15) is 21.5 Å². The van der Waals surface area contributed by atoms with Gasteiger partial charge in [0.1, 0.15) is 18.2 Å². The molecule has 2 rings (SSSR count). The molecule has 2 N–H and O–H groups in total. The fourth-order valence-electron chi connectivity index (χ4n) is 1.70. The predicted octanol–water partition coefficient (Wildman–Crippen LogP) is 3.21. The molecule has 0 aliphatic rings. The molecule has 0 aliphatic carbocycles. The summed E-state index contributed by atoms with van der Waals surface area (Å²) in [6, 6.07) is 7.90. The van der Waals surface area contributed by atoms with E-state index in [2.05, 4.69) is 0 Å². The number of esters is 1. The second kappa shape index (κ2) is 5.69. The van der Waals surface area contributed by atoms with Crippen LogP contribution in [0.25, 0.3) is 0 Å². The Balaban J connectivity index is 2.06. The molecule has 5 heteroatoms. The second-order valence-corrected chi connectivity index (χ2v) is 4.38. The lowest BCUT2D eigenvalue weighted by Crippen LogP contribution is -2.07. The lowest BCUT2D eigenvalue weighted by Gasteiger charge is -2.08. The van der Waals surface area contributed by atoms with Gasteiger partial charge in [-0.25, -0.2) is 13.6 Å². The highest BCUT2D eigenvalue weighted by molar-refractivity contribution is 5.89. The number of carbonyl (C=O) groups excluding carboxylic acids is 1. The van der Waals surface area contributed by atoms with Gasteiger partial charge < -0.3 is 10.5 Å². The maximum Gasteiger partial charge on any atom is 0.338 e. The van der Waals surface area contributed by atoms with Gasteiger partial charge >= 0.3 is 5.97 Å². The number of benzene rings is 2. The molecule has 0 atom stereocenters. The first-order valence-electron chi connectivity index (χ1n) is 5.94. The maximum atomic E-state index is 13.2. The van der Waals surface area contributed by atoms with Gasteiger partial charge in [0.25, 0.3) is 0 Å². The highest BCUT2D eigenvalue weighted by Crippen LogP contribution is 2.15. The summed E-state index contributed by atoms with van der Waals surface area (Å²) in [5, 5.41) is 0. The van der Waals surface area contributed by atoms with Crippen molar-refractivity contribution < 1.29 is 18.3 Å². The third-order valence-electron chi connectivity index (χ3n) is 2.90. The molecule has 0 fully saturated rings. The van der Waals surface area contributed by atoms with E-state index < -0.39 is 11.8 Å². The topological polar surface area (TPSA) is 52.3 Å². The number of ether oxygens (including phenoxy) is 1.